The lowest BCUT2D eigenvalue weighted by Crippen LogP contribution is -2.34. The number of nitrogens with two attached hydrogens (primary N) is 1. The van der Waals surface area contributed by atoms with Crippen LogP contribution in [0.3, 0.4) is 0 Å². The van der Waals surface area contributed by atoms with E-state index in [0.29, 0.717) is 11.5 Å². The summed E-state index contributed by atoms with van der Waals surface area (Å²) in [5, 5.41) is 8.81. The fraction of sp³-hybridized carbons (Fsp3) is 0.364. The highest BCUT2D eigenvalue weighted by molar-refractivity contribution is 5.73. The summed E-state index contributed by atoms with van der Waals surface area (Å²) in [7, 11) is 1.50. The molecule has 0 aliphatic carbocycles. The predicted octanol–water partition coefficient (Wildman–Crippen LogP) is 0.794. The fourth-order valence-corrected chi connectivity index (χ4v) is 1.22. The standard InChI is InChI=1S/C11H15NO4/c1-7-3-4-8(9(5-7)15-2)16-10(6-12)11(13)14/h3-5,10H,6,12H2,1-2H3,(H,13,14). The highest BCUT2D eigenvalue weighted by atomic mass is 16.5. The van der Waals surface area contributed by atoms with Crippen LogP contribution < -0.4 is 15.2 Å². The van der Waals surface area contributed by atoms with Gasteiger partial charge in [0.2, 0.25) is 6.10 Å². The minimum absolute atomic E-state index is 0.0909. The molecule has 1 rings (SSSR count). The number of carboxylic acid groups (broad SMARTS) is 1. The number of carboxylic acids is 1. The van der Waals surface area contributed by atoms with Crippen LogP contribution in [0.2, 0.25) is 0 Å². The third-order valence-corrected chi connectivity index (χ3v) is 2.08. The molecule has 88 valence electrons. The van der Waals surface area contributed by atoms with Gasteiger partial charge in [0.25, 0.3) is 0 Å². The maximum atomic E-state index is 10.8. The van der Waals surface area contributed by atoms with Gasteiger partial charge in [-0.05, 0) is 24.6 Å². The van der Waals surface area contributed by atoms with Gasteiger partial charge >= 0.3 is 5.97 Å². The number of ether oxygens (including phenoxy) is 2. The van der Waals surface area contributed by atoms with Crippen molar-refractivity contribution in [3.63, 3.8) is 0 Å². The molecule has 16 heavy (non-hydrogen) atoms. The molecule has 0 radical (unpaired) electrons. The molecule has 0 aromatic heterocycles. The highest BCUT2D eigenvalue weighted by Crippen LogP contribution is 2.28. The van der Waals surface area contributed by atoms with Gasteiger partial charge in [0, 0.05) is 6.54 Å². The van der Waals surface area contributed by atoms with Gasteiger partial charge in [0.05, 0.1) is 7.11 Å². The summed E-state index contributed by atoms with van der Waals surface area (Å²) in [6, 6.07) is 5.25. The Morgan fingerprint density at radius 3 is 2.69 bits per heavy atom. The molecular weight excluding hydrogens is 210 g/mol. The number of rotatable bonds is 5. The van der Waals surface area contributed by atoms with E-state index in [1.165, 1.54) is 7.11 Å². The molecule has 0 aliphatic rings. The maximum absolute atomic E-state index is 10.8. The number of benzene rings is 1. The average Bonchev–Trinajstić information content (AvgIpc) is 2.26. The van der Waals surface area contributed by atoms with Crippen molar-refractivity contribution in [1.82, 2.24) is 0 Å². The first-order chi connectivity index (χ1) is 7.58. The van der Waals surface area contributed by atoms with Gasteiger partial charge in [-0.15, -0.1) is 0 Å². The molecule has 0 saturated carbocycles. The third kappa shape index (κ3) is 2.87. The number of methoxy groups -OCH3 is 1. The molecule has 5 nitrogen and oxygen atoms in total. The monoisotopic (exact) mass is 225 g/mol. The molecule has 0 aliphatic heterocycles. The van der Waals surface area contributed by atoms with Crippen LogP contribution in [-0.4, -0.2) is 30.8 Å². The number of hydrogen-bond acceptors (Lipinski definition) is 4. The molecule has 0 saturated heterocycles. The lowest BCUT2D eigenvalue weighted by molar-refractivity contribution is -0.144. The Hall–Kier alpha value is -1.75. The van der Waals surface area contributed by atoms with Crippen molar-refractivity contribution in [2.24, 2.45) is 5.73 Å². The van der Waals surface area contributed by atoms with Gasteiger partial charge in [-0.25, -0.2) is 4.79 Å². The van der Waals surface area contributed by atoms with Crippen LogP contribution in [0.1, 0.15) is 5.56 Å². The van der Waals surface area contributed by atoms with E-state index in [4.69, 9.17) is 20.3 Å². The summed E-state index contributed by atoms with van der Waals surface area (Å²) >= 11 is 0. The van der Waals surface area contributed by atoms with Crippen LogP contribution in [0.4, 0.5) is 0 Å². The molecule has 1 aromatic rings. The number of aliphatic carboxylic acids is 1. The summed E-state index contributed by atoms with van der Waals surface area (Å²) in [4.78, 5) is 10.8. The van der Waals surface area contributed by atoms with Gasteiger partial charge in [-0.3, -0.25) is 0 Å². The molecule has 0 spiro atoms. The van der Waals surface area contributed by atoms with Crippen molar-refractivity contribution < 1.29 is 19.4 Å². The van der Waals surface area contributed by atoms with Crippen molar-refractivity contribution in [2.75, 3.05) is 13.7 Å². The van der Waals surface area contributed by atoms with E-state index >= 15 is 0 Å². The molecule has 1 aromatic carbocycles. The molecule has 0 amide bonds. The topological polar surface area (TPSA) is 81.8 Å². The van der Waals surface area contributed by atoms with Crippen LogP contribution in [0.5, 0.6) is 11.5 Å². The molecule has 0 heterocycles. The average molecular weight is 225 g/mol. The minimum Gasteiger partial charge on any atom is -0.493 e. The van der Waals surface area contributed by atoms with E-state index in [9.17, 15) is 4.79 Å². The lowest BCUT2D eigenvalue weighted by atomic mass is 10.2. The molecular formula is C11H15NO4. The molecule has 0 bridgehead atoms. The third-order valence-electron chi connectivity index (χ3n) is 2.08. The molecule has 3 N–H and O–H groups in total. The Labute approximate surface area is 93.8 Å². The maximum Gasteiger partial charge on any atom is 0.346 e. The molecule has 5 heteroatoms. The summed E-state index contributed by atoms with van der Waals surface area (Å²) in [5.74, 6) is -0.212. The Kier molecular flexibility index (Phi) is 4.13. The summed E-state index contributed by atoms with van der Waals surface area (Å²) in [6.45, 7) is 1.82. The quantitative estimate of drug-likeness (QED) is 0.774. The van der Waals surface area contributed by atoms with Crippen LogP contribution in [0.25, 0.3) is 0 Å². The minimum atomic E-state index is -1.09. The summed E-state index contributed by atoms with van der Waals surface area (Å²) in [6.07, 6.45) is -1.06. The Morgan fingerprint density at radius 1 is 1.50 bits per heavy atom. The fourth-order valence-electron chi connectivity index (χ4n) is 1.22. The summed E-state index contributed by atoms with van der Waals surface area (Å²) in [5.41, 5.74) is 6.30. The Balaban J connectivity index is 2.91. The van der Waals surface area contributed by atoms with Crippen molar-refractivity contribution in [1.29, 1.82) is 0 Å². The van der Waals surface area contributed by atoms with Crippen LogP contribution in [0, 0.1) is 6.92 Å². The number of aryl methyl sites for hydroxylation is 1. The van der Waals surface area contributed by atoms with E-state index in [-0.39, 0.29) is 6.54 Å². The molecule has 1 atom stereocenters. The first kappa shape index (κ1) is 12.3. The van der Waals surface area contributed by atoms with Gasteiger partial charge in [0.15, 0.2) is 11.5 Å². The van der Waals surface area contributed by atoms with Crippen LogP contribution in [0.15, 0.2) is 18.2 Å². The Morgan fingerprint density at radius 2 is 2.19 bits per heavy atom. The van der Waals surface area contributed by atoms with E-state index in [2.05, 4.69) is 0 Å². The van der Waals surface area contributed by atoms with E-state index in [1.54, 1.807) is 12.1 Å². The predicted molar refractivity (Wildman–Crippen MR) is 58.8 cm³/mol. The van der Waals surface area contributed by atoms with Gasteiger partial charge in [-0.1, -0.05) is 6.07 Å². The largest absolute Gasteiger partial charge is 0.493 e. The second kappa shape index (κ2) is 5.37. The van der Waals surface area contributed by atoms with Crippen molar-refractivity contribution >= 4 is 5.97 Å². The van der Waals surface area contributed by atoms with Gasteiger partial charge < -0.3 is 20.3 Å². The zero-order valence-corrected chi connectivity index (χ0v) is 9.27. The van der Waals surface area contributed by atoms with Crippen molar-refractivity contribution in [3.05, 3.63) is 23.8 Å². The van der Waals surface area contributed by atoms with Crippen LogP contribution >= 0.6 is 0 Å². The highest BCUT2D eigenvalue weighted by Gasteiger charge is 2.19. The van der Waals surface area contributed by atoms with Gasteiger partial charge in [0.1, 0.15) is 0 Å². The normalized spacial score (nSPS) is 11.9. The molecule has 0 fully saturated rings. The first-order valence-electron chi connectivity index (χ1n) is 4.82. The zero-order valence-electron chi connectivity index (χ0n) is 9.27. The molecule has 1 unspecified atom stereocenters. The zero-order chi connectivity index (χ0) is 12.1. The van der Waals surface area contributed by atoms with Crippen LogP contribution in [-0.2, 0) is 4.79 Å². The van der Waals surface area contributed by atoms with Gasteiger partial charge in [-0.2, -0.15) is 0 Å². The summed E-state index contributed by atoms with van der Waals surface area (Å²) < 4.78 is 10.3. The second-order valence-electron chi connectivity index (χ2n) is 3.33. The van der Waals surface area contributed by atoms with E-state index < -0.39 is 12.1 Å². The van der Waals surface area contributed by atoms with Crippen molar-refractivity contribution in [2.45, 2.75) is 13.0 Å². The van der Waals surface area contributed by atoms with Crippen molar-refractivity contribution in [3.8, 4) is 11.5 Å². The van der Waals surface area contributed by atoms with E-state index in [0.717, 1.165) is 5.56 Å². The first-order valence-corrected chi connectivity index (χ1v) is 4.82. The number of carbonyl (C=O) groups is 1. The number of hydrogen-bond donors (Lipinski definition) is 2. The van der Waals surface area contributed by atoms with E-state index in [1.807, 2.05) is 13.0 Å². The SMILES string of the molecule is COc1cc(C)ccc1OC(CN)C(=O)O. The lowest BCUT2D eigenvalue weighted by Gasteiger charge is -2.15. The Bertz CT molecular complexity index is 378. The smallest absolute Gasteiger partial charge is 0.346 e. The second-order valence-corrected chi connectivity index (χ2v) is 3.33.